The van der Waals surface area contributed by atoms with Crippen molar-refractivity contribution < 1.29 is 14.3 Å². The van der Waals surface area contributed by atoms with Crippen LogP contribution in [0.3, 0.4) is 0 Å². The number of hydrogen-bond donors (Lipinski definition) is 0. The Labute approximate surface area is 112 Å². The quantitative estimate of drug-likeness (QED) is 0.512. The van der Waals surface area contributed by atoms with Crippen molar-refractivity contribution in [3.05, 3.63) is 16.9 Å². The number of aromatic nitrogens is 2. The normalized spacial score (nSPS) is 10.8. The number of rotatable bonds is 9. The van der Waals surface area contributed by atoms with Crippen molar-refractivity contribution in [2.24, 2.45) is 0 Å². The zero-order chi connectivity index (χ0) is 13.4. The highest BCUT2D eigenvalue weighted by Crippen LogP contribution is 2.17. The Balaban J connectivity index is 2.47. The Morgan fingerprint density at radius 3 is 2.89 bits per heavy atom. The molecule has 102 valence electrons. The van der Waals surface area contributed by atoms with E-state index < -0.39 is 0 Å². The summed E-state index contributed by atoms with van der Waals surface area (Å²) < 4.78 is 11.8. The van der Waals surface area contributed by atoms with Crippen LogP contribution in [-0.4, -0.2) is 42.5 Å². The van der Waals surface area contributed by atoms with Crippen LogP contribution in [0.5, 0.6) is 0 Å². The molecule has 0 saturated carbocycles. The van der Waals surface area contributed by atoms with Crippen LogP contribution in [0.4, 0.5) is 0 Å². The van der Waals surface area contributed by atoms with Crippen molar-refractivity contribution in [2.45, 2.75) is 26.3 Å². The van der Waals surface area contributed by atoms with E-state index in [1.54, 1.807) is 11.8 Å². The molecule has 5 nitrogen and oxygen atoms in total. The van der Waals surface area contributed by atoms with Gasteiger partial charge in [-0.3, -0.25) is 9.48 Å². The van der Waals surface area contributed by atoms with Crippen molar-refractivity contribution >= 4 is 17.4 Å². The molecule has 1 rings (SSSR count). The highest BCUT2D eigenvalue weighted by atomic mass is 35.5. The fourth-order valence-electron chi connectivity index (χ4n) is 1.55. The maximum atomic E-state index is 12.0. The molecule has 1 aromatic heterocycles. The van der Waals surface area contributed by atoms with Crippen LogP contribution in [0.1, 0.15) is 30.3 Å². The number of halogens is 1. The van der Waals surface area contributed by atoms with Gasteiger partial charge in [0.15, 0.2) is 5.78 Å². The Bertz CT molecular complexity index is 379. The number of ether oxygens (including phenoxy) is 2. The molecule has 0 fully saturated rings. The van der Waals surface area contributed by atoms with Gasteiger partial charge in [-0.2, -0.15) is 5.10 Å². The molecule has 0 amide bonds. The van der Waals surface area contributed by atoms with E-state index in [9.17, 15) is 4.79 Å². The zero-order valence-corrected chi connectivity index (χ0v) is 11.6. The molecule has 0 aliphatic rings. The Morgan fingerprint density at radius 2 is 2.22 bits per heavy atom. The second-order valence-corrected chi connectivity index (χ2v) is 4.25. The van der Waals surface area contributed by atoms with Crippen LogP contribution < -0.4 is 0 Å². The van der Waals surface area contributed by atoms with E-state index in [1.165, 1.54) is 6.20 Å². The minimum atomic E-state index is -0.0385. The van der Waals surface area contributed by atoms with E-state index in [0.29, 0.717) is 43.5 Å². The SMILES string of the molecule is CCCn1ncc(Cl)c1C(=O)CCOCCOC. The second kappa shape index (κ2) is 8.24. The molecule has 0 bridgehead atoms. The van der Waals surface area contributed by atoms with Crippen LogP contribution >= 0.6 is 11.6 Å². The van der Waals surface area contributed by atoms with E-state index in [4.69, 9.17) is 21.1 Å². The zero-order valence-electron chi connectivity index (χ0n) is 10.8. The lowest BCUT2D eigenvalue weighted by molar-refractivity contribution is 0.0637. The highest BCUT2D eigenvalue weighted by molar-refractivity contribution is 6.33. The number of nitrogens with zero attached hydrogens (tertiary/aromatic N) is 2. The van der Waals surface area contributed by atoms with Gasteiger partial charge in [0.2, 0.25) is 0 Å². The number of methoxy groups -OCH3 is 1. The first kappa shape index (κ1) is 15.1. The number of carbonyl (C=O) groups excluding carboxylic acids is 1. The fraction of sp³-hybridized carbons (Fsp3) is 0.667. The number of aryl methyl sites for hydroxylation is 1. The van der Waals surface area contributed by atoms with Gasteiger partial charge in [-0.15, -0.1) is 0 Å². The summed E-state index contributed by atoms with van der Waals surface area (Å²) >= 11 is 5.97. The van der Waals surface area contributed by atoms with Gasteiger partial charge >= 0.3 is 0 Å². The van der Waals surface area contributed by atoms with Crippen LogP contribution in [0.25, 0.3) is 0 Å². The number of hydrogen-bond acceptors (Lipinski definition) is 4. The van der Waals surface area contributed by atoms with Gasteiger partial charge in [0, 0.05) is 20.1 Å². The Kier molecular flexibility index (Phi) is 6.93. The van der Waals surface area contributed by atoms with E-state index in [0.717, 1.165) is 6.42 Å². The predicted molar refractivity (Wildman–Crippen MR) is 69.2 cm³/mol. The highest BCUT2D eigenvalue weighted by Gasteiger charge is 2.16. The van der Waals surface area contributed by atoms with Crippen molar-refractivity contribution in [1.29, 1.82) is 0 Å². The van der Waals surface area contributed by atoms with Crippen LogP contribution in [0, 0.1) is 0 Å². The molecule has 0 aromatic carbocycles. The molecule has 0 N–H and O–H groups in total. The van der Waals surface area contributed by atoms with Crippen molar-refractivity contribution in [1.82, 2.24) is 9.78 Å². The van der Waals surface area contributed by atoms with E-state index in [1.807, 2.05) is 6.92 Å². The molecule has 0 aliphatic heterocycles. The largest absolute Gasteiger partial charge is 0.382 e. The van der Waals surface area contributed by atoms with Crippen molar-refractivity contribution in [3.8, 4) is 0 Å². The molecular weight excluding hydrogens is 256 g/mol. The maximum absolute atomic E-state index is 12.0. The average molecular weight is 275 g/mol. The third kappa shape index (κ3) is 4.40. The van der Waals surface area contributed by atoms with E-state index in [2.05, 4.69) is 5.10 Å². The summed E-state index contributed by atoms with van der Waals surface area (Å²) in [4.78, 5) is 12.0. The molecule has 1 aromatic rings. The summed E-state index contributed by atoms with van der Waals surface area (Å²) in [5.74, 6) is -0.0385. The number of carbonyl (C=O) groups is 1. The third-order valence-electron chi connectivity index (χ3n) is 2.40. The van der Waals surface area contributed by atoms with E-state index in [-0.39, 0.29) is 5.78 Å². The third-order valence-corrected chi connectivity index (χ3v) is 2.68. The van der Waals surface area contributed by atoms with Gasteiger partial charge in [-0.1, -0.05) is 18.5 Å². The van der Waals surface area contributed by atoms with Gasteiger partial charge in [-0.25, -0.2) is 0 Å². The predicted octanol–water partition coefficient (Wildman–Crippen LogP) is 2.18. The Hall–Kier alpha value is -0.910. The summed E-state index contributed by atoms with van der Waals surface area (Å²) in [5.41, 5.74) is 0.480. The molecule has 1 heterocycles. The first-order valence-corrected chi connectivity index (χ1v) is 6.39. The molecular formula is C12H19ClN2O3. The van der Waals surface area contributed by atoms with Gasteiger partial charge in [0.1, 0.15) is 5.69 Å². The van der Waals surface area contributed by atoms with Gasteiger partial charge in [-0.05, 0) is 6.42 Å². The molecule has 6 heteroatoms. The average Bonchev–Trinajstić information content (AvgIpc) is 2.71. The van der Waals surface area contributed by atoms with Gasteiger partial charge < -0.3 is 9.47 Å². The van der Waals surface area contributed by atoms with Crippen molar-refractivity contribution in [2.75, 3.05) is 26.9 Å². The van der Waals surface area contributed by atoms with Crippen molar-refractivity contribution in [3.63, 3.8) is 0 Å². The first-order valence-electron chi connectivity index (χ1n) is 6.01. The van der Waals surface area contributed by atoms with Gasteiger partial charge in [0.25, 0.3) is 0 Å². The monoisotopic (exact) mass is 274 g/mol. The molecule has 18 heavy (non-hydrogen) atoms. The summed E-state index contributed by atoms with van der Waals surface area (Å²) in [6, 6.07) is 0. The summed E-state index contributed by atoms with van der Waals surface area (Å²) in [6.45, 7) is 4.11. The Morgan fingerprint density at radius 1 is 1.44 bits per heavy atom. The minimum absolute atomic E-state index is 0.0385. The lowest BCUT2D eigenvalue weighted by atomic mass is 10.2. The topological polar surface area (TPSA) is 53.4 Å². The first-order chi connectivity index (χ1) is 8.70. The fourth-order valence-corrected chi connectivity index (χ4v) is 1.80. The smallest absolute Gasteiger partial charge is 0.184 e. The van der Waals surface area contributed by atoms with Gasteiger partial charge in [0.05, 0.1) is 31.0 Å². The minimum Gasteiger partial charge on any atom is -0.382 e. The molecule has 0 saturated heterocycles. The molecule has 0 atom stereocenters. The molecule has 0 spiro atoms. The summed E-state index contributed by atoms with van der Waals surface area (Å²) in [5, 5.41) is 4.50. The lowest BCUT2D eigenvalue weighted by Gasteiger charge is -2.06. The van der Waals surface area contributed by atoms with E-state index >= 15 is 0 Å². The van der Waals surface area contributed by atoms with Crippen LogP contribution in [-0.2, 0) is 16.0 Å². The number of ketones is 1. The lowest BCUT2D eigenvalue weighted by Crippen LogP contribution is -2.13. The number of Topliss-reactive ketones (excluding diaryl/α,β-unsaturated/α-hetero) is 1. The molecule has 0 unspecified atom stereocenters. The van der Waals surface area contributed by atoms with Crippen LogP contribution in [0.15, 0.2) is 6.20 Å². The molecule has 0 aliphatic carbocycles. The maximum Gasteiger partial charge on any atom is 0.184 e. The summed E-state index contributed by atoms with van der Waals surface area (Å²) in [6.07, 6.45) is 2.72. The standard InChI is InChI=1S/C12H19ClN2O3/c1-3-5-15-12(10(13)9-14-15)11(16)4-6-18-8-7-17-2/h9H,3-8H2,1-2H3. The summed E-state index contributed by atoms with van der Waals surface area (Å²) in [7, 11) is 1.61. The molecule has 0 radical (unpaired) electrons. The second-order valence-electron chi connectivity index (χ2n) is 3.84. The van der Waals surface area contributed by atoms with Crippen LogP contribution in [0.2, 0.25) is 5.02 Å².